The van der Waals surface area contributed by atoms with Gasteiger partial charge in [0.05, 0.1) is 16.3 Å². The topological polar surface area (TPSA) is 37.4 Å². The van der Waals surface area contributed by atoms with E-state index in [1.165, 1.54) is 4.90 Å². The lowest BCUT2D eigenvalue weighted by atomic mass is 10.1. The largest absolute Gasteiger partial charge is 0.303 e. The number of hydrogen-bond donors (Lipinski definition) is 0. The lowest BCUT2D eigenvalue weighted by molar-refractivity contribution is -0.114. The highest BCUT2D eigenvalue weighted by Crippen LogP contribution is 2.35. The van der Waals surface area contributed by atoms with Crippen LogP contribution in [0.1, 0.15) is 23.2 Å². The Balaban J connectivity index is 2.30. The van der Waals surface area contributed by atoms with E-state index in [0.29, 0.717) is 22.8 Å². The Labute approximate surface area is 113 Å². The van der Waals surface area contributed by atoms with E-state index in [1.807, 2.05) is 0 Å². The van der Waals surface area contributed by atoms with Crippen LogP contribution >= 0.6 is 27.5 Å². The van der Waals surface area contributed by atoms with Gasteiger partial charge in [-0.1, -0.05) is 33.6 Å². The second kappa shape index (κ2) is 5.19. The fraction of sp³-hybridized carbons (Fsp3) is 0.333. The average Bonchev–Trinajstić information content (AvgIpc) is 2.56. The van der Waals surface area contributed by atoms with E-state index < -0.39 is 11.7 Å². The molecule has 0 saturated carbocycles. The molecule has 90 valence electrons. The molecule has 0 spiro atoms. The number of para-hydroxylation sites is 1. The molecule has 0 radical (unpaired) electrons. The van der Waals surface area contributed by atoms with Gasteiger partial charge in [0.1, 0.15) is 0 Å². The maximum atomic E-state index is 11.8. The van der Waals surface area contributed by atoms with Gasteiger partial charge in [0.15, 0.2) is 0 Å². The van der Waals surface area contributed by atoms with E-state index in [4.69, 9.17) is 11.6 Å². The summed E-state index contributed by atoms with van der Waals surface area (Å²) in [6, 6.07) is 5.03. The number of halogens is 2. The Morgan fingerprint density at radius 1 is 1.24 bits per heavy atom. The fourth-order valence-corrected chi connectivity index (χ4v) is 2.56. The zero-order valence-electron chi connectivity index (χ0n) is 9.08. The molecule has 0 N–H and O–H groups in total. The lowest BCUT2D eigenvalue weighted by Gasteiger charge is -2.17. The van der Waals surface area contributed by atoms with Gasteiger partial charge in [0.25, 0.3) is 11.7 Å². The van der Waals surface area contributed by atoms with Gasteiger partial charge >= 0.3 is 0 Å². The number of anilines is 1. The van der Waals surface area contributed by atoms with Crippen molar-refractivity contribution in [2.45, 2.75) is 12.8 Å². The molecule has 0 saturated heterocycles. The second-order valence-corrected chi connectivity index (χ2v) is 5.02. The third-order valence-electron chi connectivity index (χ3n) is 2.71. The predicted octanol–water partition coefficient (Wildman–Crippen LogP) is 3.04. The van der Waals surface area contributed by atoms with Gasteiger partial charge in [-0.15, -0.1) is 0 Å². The first-order valence-electron chi connectivity index (χ1n) is 5.37. The number of fused-ring (bicyclic) bond motifs is 1. The van der Waals surface area contributed by atoms with Crippen LogP contribution in [0.25, 0.3) is 0 Å². The Morgan fingerprint density at radius 3 is 2.71 bits per heavy atom. The van der Waals surface area contributed by atoms with Crippen LogP contribution in [0.4, 0.5) is 5.69 Å². The zero-order valence-corrected chi connectivity index (χ0v) is 11.4. The Hall–Kier alpha value is -0.870. The first-order chi connectivity index (χ1) is 8.16. The molecule has 0 bridgehead atoms. The summed E-state index contributed by atoms with van der Waals surface area (Å²) < 4.78 is 0. The van der Waals surface area contributed by atoms with E-state index in [0.717, 1.165) is 18.2 Å². The molecule has 3 nitrogen and oxygen atoms in total. The predicted molar refractivity (Wildman–Crippen MR) is 71.2 cm³/mol. The minimum atomic E-state index is -0.470. The van der Waals surface area contributed by atoms with Crippen molar-refractivity contribution in [3.8, 4) is 0 Å². The highest BCUT2D eigenvalue weighted by atomic mass is 79.9. The second-order valence-electron chi connectivity index (χ2n) is 3.82. The first kappa shape index (κ1) is 12.6. The van der Waals surface area contributed by atoms with Crippen LogP contribution in [0.5, 0.6) is 0 Å². The summed E-state index contributed by atoms with van der Waals surface area (Å²) in [6.45, 7) is 0.535. The number of unbranched alkanes of at least 4 members (excludes halogenated alkanes) is 1. The summed E-state index contributed by atoms with van der Waals surface area (Å²) in [4.78, 5) is 25.0. The minimum Gasteiger partial charge on any atom is -0.303 e. The lowest BCUT2D eigenvalue weighted by Crippen LogP contribution is -2.30. The van der Waals surface area contributed by atoms with E-state index >= 15 is 0 Å². The van der Waals surface area contributed by atoms with Crippen LogP contribution in [-0.4, -0.2) is 23.6 Å². The SMILES string of the molecule is O=C1C(=O)N(CCCCBr)c2c(Cl)cccc21. The molecule has 17 heavy (non-hydrogen) atoms. The van der Waals surface area contributed by atoms with Crippen LogP contribution in [0.15, 0.2) is 18.2 Å². The number of benzene rings is 1. The molecule has 1 aliphatic heterocycles. The van der Waals surface area contributed by atoms with E-state index in [2.05, 4.69) is 15.9 Å². The van der Waals surface area contributed by atoms with E-state index in [9.17, 15) is 9.59 Å². The molecule has 1 aromatic rings. The van der Waals surface area contributed by atoms with Crippen molar-refractivity contribution in [2.75, 3.05) is 16.8 Å². The molecule has 0 aromatic heterocycles. The van der Waals surface area contributed by atoms with Gasteiger partial charge in [-0.3, -0.25) is 9.59 Å². The molecule has 1 aliphatic rings. The monoisotopic (exact) mass is 315 g/mol. The third kappa shape index (κ3) is 2.24. The molecule has 5 heteroatoms. The summed E-state index contributed by atoms with van der Waals surface area (Å²) in [7, 11) is 0. The van der Waals surface area contributed by atoms with Gasteiger partial charge in [-0.25, -0.2) is 0 Å². The normalized spacial score (nSPS) is 14.4. The van der Waals surface area contributed by atoms with Crippen LogP contribution in [-0.2, 0) is 4.79 Å². The highest BCUT2D eigenvalue weighted by Gasteiger charge is 2.36. The number of rotatable bonds is 4. The molecule has 0 fully saturated rings. The summed E-state index contributed by atoms with van der Waals surface area (Å²) in [5.41, 5.74) is 0.986. The van der Waals surface area contributed by atoms with Gasteiger partial charge in [0.2, 0.25) is 0 Å². The number of amides is 1. The van der Waals surface area contributed by atoms with Crippen molar-refractivity contribution in [3.63, 3.8) is 0 Å². The van der Waals surface area contributed by atoms with Crippen LogP contribution in [0.2, 0.25) is 5.02 Å². The van der Waals surface area contributed by atoms with Crippen molar-refractivity contribution < 1.29 is 9.59 Å². The molecule has 0 aliphatic carbocycles. The quantitative estimate of drug-likeness (QED) is 0.486. The van der Waals surface area contributed by atoms with Crippen LogP contribution < -0.4 is 4.90 Å². The molecule has 1 amide bonds. The van der Waals surface area contributed by atoms with Crippen molar-refractivity contribution in [1.29, 1.82) is 0 Å². The summed E-state index contributed by atoms with van der Waals surface area (Å²) >= 11 is 9.39. The number of nitrogens with zero attached hydrogens (tertiary/aromatic N) is 1. The molecule has 2 rings (SSSR count). The number of hydrogen-bond acceptors (Lipinski definition) is 2. The van der Waals surface area contributed by atoms with Gasteiger partial charge < -0.3 is 4.90 Å². The van der Waals surface area contributed by atoms with Crippen molar-refractivity contribution in [3.05, 3.63) is 28.8 Å². The maximum absolute atomic E-state index is 11.8. The molecule has 1 aromatic carbocycles. The first-order valence-corrected chi connectivity index (χ1v) is 6.87. The highest BCUT2D eigenvalue weighted by molar-refractivity contribution is 9.09. The van der Waals surface area contributed by atoms with Crippen molar-refractivity contribution in [1.82, 2.24) is 0 Å². The molecule has 0 atom stereocenters. The molecule has 0 unspecified atom stereocenters. The summed E-state index contributed by atoms with van der Waals surface area (Å²) in [6.07, 6.45) is 1.80. The van der Waals surface area contributed by atoms with E-state index in [1.54, 1.807) is 18.2 Å². The third-order valence-corrected chi connectivity index (χ3v) is 3.57. The standard InChI is InChI=1S/C12H11BrClNO2/c13-6-1-2-7-15-10-8(11(16)12(15)17)4-3-5-9(10)14/h3-5H,1-2,6-7H2. The van der Waals surface area contributed by atoms with Crippen molar-refractivity contribution in [2.24, 2.45) is 0 Å². The fourth-order valence-electron chi connectivity index (χ4n) is 1.89. The average molecular weight is 317 g/mol. The summed E-state index contributed by atoms with van der Waals surface area (Å²) in [5, 5.41) is 1.35. The maximum Gasteiger partial charge on any atom is 0.299 e. The molecular weight excluding hydrogens is 305 g/mol. The number of carbonyl (C=O) groups is 2. The number of carbonyl (C=O) groups excluding carboxylic acids is 2. The van der Waals surface area contributed by atoms with Gasteiger partial charge in [-0.05, 0) is 25.0 Å². The van der Waals surface area contributed by atoms with E-state index in [-0.39, 0.29) is 0 Å². The van der Waals surface area contributed by atoms with Gasteiger partial charge in [0, 0.05) is 11.9 Å². The number of alkyl halides is 1. The number of ketones is 1. The zero-order chi connectivity index (χ0) is 12.4. The van der Waals surface area contributed by atoms with Crippen molar-refractivity contribution >= 4 is 44.9 Å². The Kier molecular flexibility index (Phi) is 3.84. The minimum absolute atomic E-state index is 0.418. The Bertz CT molecular complexity index is 476. The molecular formula is C12H11BrClNO2. The van der Waals surface area contributed by atoms with Gasteiger partial charge in [-0.2, -0.15) is 0 Å². The Morgan fingerprint density at radius 2 is 2.00 bits per heavy atom. The number of Topliss-reactive ketones (excluding diaryl/α,β-unsaturated/α-hetero) is 1. The smallest absolute Gasteiger partial charge is 0.299 e. The summed E-state index contributed by atoms with van der Waals surface area (Å²) in [5.74, 6) is -0.927. The molecule has 1 heterocycles. The van der Waals surface area contributed by atoms with Crippen LogP contribution in [0.3, 0.4) is 0 Å². The van der Waals surface area contributed by atoms with Crippen LogP contribution in [0, 0.1) is 0 Å².